The van der Waals surface area contributed by atoms with Crippen molar-refractivity contribution < 1.29 is 31.6 Å². The summed E-state index contributed by atoms with van der Waals surface area (Å²) in [5, 5.41) is 0.678. The Hall–Kier alpha value is -3.85. The molecule has 0 bridgehead atoms. The lowest BCUT2D eigenvalue weighted by molar-refractivity contribution is -0.116. The number of nitrogens with one attached hydrogen (secondary N) is 2. The zero-order valence-corrected chi connectivity index (χ0v) is 24.5. The van der Waals surface area contributed by atoms with Crippen molar-refractivity contribution in [2.24, 2.45) is 11.7 Å². The van der Waals surface area contributed by atoms with E-state index in [2.05, 4.69) is 15.2 Å². The van der Waals surface area contributed by atoms with Crippen molar-refractivity contribution in [3.8, 4) is 5.75 Å². The van der Waals surface area contributed by atoms with Gasteiger partial charge in [-0.05, 0) is 36.4 Å². The number of carbonyl (C=O) groups is 2. The minimum Gasteiger partial charge on any atom is -0.497 e. The Balaban J connectivity index is 0.000000759. The van der Waals surface area contributed by atoms with E-state index < -0.39 is 21.7 Å². The predicted octanol–water partition coefficient (Wildman–Crippen LogP) is 1.32. The van der Waals surface area contributed by atoms with Gasteiger partial charge >= 0.3 is 5.63 Å². The molecule has 1 fully saturated rings. The van der Waals surface area contributed by atoms with Gasteiger partial charge in [0.2, 0.25) is 6.41 Å². The highest BCUT2D eigenvalue weighted by molar-refractivity contribution is 7.90. The van der Waals surface area contributed by atoms with E-state index in [4.69, 9.17) is 9.15 Å². The van der Waals surface area contributed by atoms with E-state index in [0.717, 1.165) is 12.7 Å². The first-order chi connectivity index (χ1) is 19.5. The Labute approximate surface area is 238 Å². The summed E-state index contributed by atoms with van der Waals surface area (Å²) in [6, 6.07) is 9.42. The van der Waals surface area contributed by atoms with Gasteiger partial charge in [0.1, 0.15) is 17.6 Å². The predicted molar refractivity (Wildman–Crippen MR) is 155 cm³/mol. The number of benzene rings is 2. The summed E-state index contributed by atoms with van der Waals surface area (Å²) in [6.07, 6.45) is 1.55. The highest BCUT2D eigenvalue weighted by Gasteiger charge is 2.28. The Bertz CT molecular complexity index is 1510. The standard InChI is InChI=1S/C23H24FN3O6S.C3H7NO.CH5N/c1-25-34(30,31)26-20-5-3-4-15(22(20)24)8-18-19(12-27-10-14(11-27)13-28)17-7-6-16(32-2)9-21(17)33-23(18)29;1-4(2)3-5;1-2/h3-7,9,13-14,25-26H,8,10-12H2,1-2H3;3H,1-2H3;2H2,1H3. The van der Waals surface area contributed by atoms with Crippen molar-refractivity contribution in [1.29, 1.82) is 0 Å². The molecule has 3 aromatic rings. The number of anilines is 1. The van der Waals surface area contributed by atoms with Crippen LogP contribution in [0.25, 0.3) is 11.0 Å². The molecule has 0 unspecified atom stereocenters. The van der Waals surface area contributed by atoms with Crippen LogP contribution in [0.15, 0.2) is 45.6 Å². The summed E-state index contributed by atoms with van der Waals surface area (Å²) >= 11 is 0. The molecule has 224 valence electrons. The molecule has 0 saturated carbocycles. The molecule has 0 spiro atoms. The number of aldehydes is 1. The van der Waals surface area contributed by atoms with Gasteiger partial charge in [-0.15, -0.1) is 0 Å². The van der Waals surface area contributed by atoms with Gasteiger partial charge in [-0.1, -0.05) is 12.1 Å². The Morgan fingerprint density at radius 1 is 1.17 bits per heavy atom. The fraction of sp³-hybridized carbons (Fsp3) is 0.370. The van der Waals surface area contributed by atoms with E-state index in [1.165, 1.54) is 44.3 Å². The van der Waals surface area contributed by atoms with Crippen molar-refractivity contribution in [3.63, 3.8) is 0 Å². The number of nitrogens with zero attached hydrogens (tertiary/aromatic N) is 2. The third kappa shape index (κ3) is 8.82. The number of carbonyl (C=O) groups excluding carboxylic acids is 2. The highest BCUT2D eigenvalue weighted by Crippen LogP contribution is 2.30. The number of amides is 1. The minimum atomic E-state index is -3.92. The van der Waals surface area contributed by atoms with Crippen LogP contribution in [0, 0.1) is 11.7 Å². The van der Waals surface area contributed by atoms with Crippen LogP contribution >= 0.6 is 0 Å². The lowest BCUT2D eigenvalue weighted by atomic mass is 9.95. The van der Waals surface area contributed by atoms with Crippen LogP contribution in [0.1, 0.15) is 16.7 Å². The average Bonchev–Trinajstić information content (AvgIpc) is 2.94. The summed E-state index contributed by atoms with van der Waals surface area (Å²) in [4.78, 5) is 36.9. The Kier molecular flexibility index (Phi) is 12.4. The van der Waals surface area contributed by atoms with Crippen molar-refractivity contribution >= 4 is 39.6 Å². The summed E-state index contributed by atoms with van der Waals surface area (Å²) in [6.45, 7) is 1.51. The number of ether oxygens (including phenoxy) is 1. The van der Waals surface area contributed by atoms with Crippen LogP contribution in [-0.4, -0.2) is 79.3 Å². The number of nitrogens with two attached hydrogens (primary N) is 1. The summed E-state index contributed by atoms with van der Waals surface area (Å²) in [5.41, 5.74) is 5.04. The maximum atomic E-state index is 15.2. The first-order valence-corrected chi connectivity index (χ1v) is 14.0. The molecule has 0 atom stereocenters. The molecule has 0 radical (unpaired) electrons. The molecular formula is C27H36FN5O7S. The van der Waals surface area contributed by atoms with Gasteiger partial charge in [-0.3, -0.25) is 14.4 Å². The maximum Gasteiger partial charge on any atom is 0.340 e. The van der Waals surface area contributed by atoms with Crippen molar-refractivity contribution in [3.05, 3.63) is 69.3 Å². The van der Waals surface area contributed by atoms with E-state index in [1.54, 1.807) is 32.3 Å². The molecule has 2 aromatic carbocycles. The Morgan fingerprint density at radius 2 is 1.83 bits per heavy atom. The fourth-order valence-corrected chi connectivity index (χ4v) is 4.55. The van der Waals surface area contributed by atoms with Gasteiger partial charge in [0.25, 0.3) is 10.2 Å². The summed E-state index contributed by atoms with van der Waals surface area (Å²) < 4.78 is 53.8. The molecule has 0 aliphatic carbocycles. The van der Waals surface area contributed by atoms with Crippen LogP contribution < -0.4 is 25.5 Å². The SMILES string of the molecule is CN.CN(C)C=O.CNS(=O)(=O)Nc1cccc(Cc2c(CN3CC(C=O)C3)c3ccc(OC)cc3oc2=O)c1F. The van der Waals surface area contributed by atoms with Crippen LogP contribution in [0.2, 0.25) is 0 Å². The molecule has 1 amide bonds. The zero-order valence-electron chi connectivity index (χ0n) is 23.6. The second kappa shape index (κ2) is 15.2. The van der Waals surface area contributed by atoms with E-state index in [-0.39, 0.29) is 29.2 Å². The third-order valence-electron chi connectivity index (χ3n) is 6.06. The second-order valence-corrected chi connectivity index (χ2v) is 10.8. The van der Waals surface area contributed by atoms with Crippen LogP contribution in [0.5, 0.6) is 5.75 Å². The van der Waals surface area contributed by atoms with Gasteiger partial charge in [0, 0.05) is 70.1 Å². The van der Waals surface area contributed by atoms with E-state index >= 15 is 4.39 Å². The normalized spacial score (nSPS) is 13.1. The quantitative estimate of drug-likeness (QED) is 0.232. The lowest BCUT2D eigenvalue weighted by Crippen LogP contribution is -2.46. The monoisotopic (exact) mass is 593 g/mol. The number of fused-ring (bicyclic) bond motifs is 1. The molecular weight excluding hydrogens is 557 g/mol. The molecule has 1 saturated heterocycles. The fourth-order valence-electron chi connectivity index (χ4n) is 4.00. The lowest BCUT2D eigenvalue weighted by Gasteiger charge is -2.36. The molecule has 41 heavy (non-hydrogen) atoms. The van der Waals surface area contributed by atoms with Gasteiger partial charge in [0.15, 0.2) is 5.82 Å². The Morgan fingerprint density at radius 3 is 2.39 bits per heavy atom. The molecule has 4 N–H and O–H groups in total. The number of hydrogen-bond donors (Lipinski definition) is 3. The molecule has 1 aliphatic rings. The van der Waals surface area contributed by atoms with Crippen LogP contribution in [-0.2, 0) is 32.8 Å². The van der Waals surface area contributed by atoms with Gasteiger partial charge in [-0.25, -0.2) is 13.9 Å². The minimum absolute atomic E-state index is 0.0516. The van der Waals surface area contributed by atoms with E-state index in [1.807, 2.05) is 4.90 Å². The summed E-state index contributed by atoms with van der Waals surface area (Å²) in [5.74, 6) is -0.314. The molecule has 1 aromatic heterocycles. The number of rotatable bonds is 10. The average molecular weight is 594 g/mol. The molecule has 14 heteroatoms. The van der Waals surface area contributed by atoms with Gasteiger partial charge in [0.05, 0.1) is 12.8 Å². The summed E-state index contributed by atoms with van der Waals surface area (Å²) in [7, 11) is 3.66. The van der Waals surface area contributed by atoms with Crippen LogP contribution in [0.4, 0.5) is 10.1 Å². The van der Waals surface area contributed by atoms with Crippen LogP contribution in [0.3, 0.4) is 0 Å². The maximum absolute atomic E-state index is 15.2. The topological polar surface area (TPSA) is 164 Å². The zero-order chi connectivity index (χ0) is 30.7. The largest absolute Gasteiger partial charge is 0.497 e. The van der Waals surface area contributed by atoms with Crippen molar-refractivity contribution in [2.45, 2.75) is 13.0 Å². The number of methoxy groups -OCH3 is 1. The molecule has 4 rings (SSSR count). The molecule has 12 nitrogen and oxygen atoms in total. The first-order valence-electron chi connectivity index (χ1n) is 12.5. The van der Waals surface area contributed by atoms with Crippen molar-refractivity contribution in [1.82, 2.24) is 14.5 Å². The smallest absolute Gasteiger partial charge is 0.340 e. The van der Waals surface area contributed by atoms with Crippen molar-refractivity contribution in [2.75, 3.05) is 53.1 Å². The number of halogens is 1. The van der Waals surface area contributed by atoms with Gasteiger partial charge in [-0.2, -0.15) is 8.42 Å². The van der Waals surface area contributed by atoms with E-state index in [9.17, 15) is 22.8 Å². The number of hydrogen-bond acceptors (Lipinski definition) is 9. The third-order valence-corrected chi connectivity index (χ3v) is 7.08. The molecule has 2 heterocycles. The van der Waals surface area contributed by atoms with E-state index in [0.29, 0.717) is 41.9 Å². The highest BCUT2D eigenvalue weighted by atomic mass is 32.2. The molecule has 1 aliphatic heterocycles. The number of likely N-dealkylation sites (tertiary alicyclic amines) is 1. The first kappa shape index (κ1) is 33.4. The van der Waals surface area contributed by atoms with Gasteiger partial charge < -0.3 is 24.6 Å². The second-order valence-electron chi connectivity index (χ2n) is 9.13.